The van der Waals surface area contributed by atoms with Gasteiger partial charge in [0.1, 0.15) is 5.69 Å². The van der Waals surface area contributed by atoms with Crippen LogP contribution in [0.15, 0.2) is 29.0 Å². The van der Waals surface area contributed by atoms with Crippen LogP contribution in [0.2, 0.25) is 0 Å². The summed E-state index contributed by atoms with van der Waals surface area (Å²) in [5.41, 5.74) is 1.19. The zero-order valence-corrected chi connectivity index (χ0v) is 13.5. The summed E-state index contributed by atoms with van der Waals surface area (Å²) in [5.74, 6) is 1.62. The molecule has 2 aliphatic rings. The first-order valence-corrected chi connectivity index (χ1v) is 8.46. The van der Waals surface area contributed by atoms with E-state index in [1.807, 2.05) is 17.2 Å². The Morgan fingerprint density at radius 2 is 2.24 bits per heavy atom. The van der Waals surface area contributed by atoms with Crippen molar-refractivity contribution in [3.8, 4) is 11.6 Å². The molecule has 128 valence electrons. The maximum atomic E-state index is 12.4. The van der Waals surface area contributed by atoms with E-state index >= 15 is 0 Å². The van der Waals surface area contributed by atoms with Gasteiger partial charge < -0.3 is 14.4 Å². The number of aromatic amines is 1. The van der Waals surface area contributed by atoms with Crippen LogP contribution in [0.4, 0.5) is 0 Å². The van der Waals surface area contributed by atoms with Crippen LogP contribution in [-0.2, 0) is 0 Å². The highest BCUT2D eigenvalue weighted by Gasteiger charge is 2.31. The summed E-state index contributed by atoms with van der Waals surface area (Å²) in [6, 6.07) is 3.71. The molecule has 1 atom stereocenters. The molecular formula is C16H17N7O2. The standard InChI is InChI=1S/C16H17N7O2/c24-16(12-2-1-6-17-12)22-7-5-11(8-22)23-9-13(19-21-23)15-18-14(20-25-15)10-3-4-10/h1-2,6,9-11,17H,3-5,7-8H2/t11-/m1/s1. The lowest BCUT2D eigenvalue weighted by Crippen LogP contribution is -2.29. The smallest absolute Gasteiger partial charge is 0.280 e. The normalized spacial score (nSPS) is 20.3. The average molecular weight is 339 g/mol. The van der Waals surface area contributed by atoms with Crippen LogP contribution < -0.4 is 0 Å². The van der Waals surface area contributed by atoms with E-state index in [0.29, 0.717) is 36.3 Å². The number of aromatic nitrogens is 6. The summed E-state index contributed by atoms with van der Waals surface area (Å²) in [4.78, 5) is 21.6. The van der Waals surface area contributed by atoms with Gasteiger partial charge in [0.2, 0.25) is 0 Å². The first-order chi connectivity index (χ1) is 12.3. The lowest BCUT2D eigenvalue weighted by molar-refractivity contribution is 0.0782. The van der Waals surface area contributed by atoms with E-state index < -0.39 is 0 Å². The minimum absolute atomic E-state index is 0.0128. The highest BCUT2D eigenvalue weighted by molar-refractivity contribution is 5.92. The number of nitrogens with one attached hydrogen (secondary N) is 1. The highest BCUT2D eigenvalue weighted by Crippen LogP contribution is 2.38. The van der Waals surface area contributed by atoms with E-state index in [0.717, 1.165) is 25.1 Å². The van der Waals surface area contributed by atoms with Crippen molar-refractivity contribution in [1.29, 1.82) is 0 Å². The van der Waals surface area contributed by atoms with Gasteiger partial charge in [0.15, 0.2) is 11.5 Å². The Bertz CT molecular complexity index is 893. The number of likely N-dealkylation sites (tertiary alicyclic amines) is 1. The van der Waals surface area contributed by atoms with Gasteiger partial charge >= 0.3 is 0 Å². The SMILES string of the molecule is O=C(c1ccc[nH]1)N1CC[C@@H](n2cc(-c3nc(C4CC4)no3)nn2)C1. The molecule has 9 nitrogen and oxygen atoms in total. The molecule has 1 aliphatic carbocycles. The molecule has 25 heavy (non-hydrogen) atoms. The monoisotopic (exact) mass is 339 g/mol. The quantitative estimate of drug-likeness (QED) is 0.774. The Labute approximate surface area is 143 Å². The van der Waals surface area contributed by atoms with Crippen LogP contribution in [-0.4, -0.2) is 54.0 Å². The second-order valence-corrected chi connectivity index (χ2v) is 6.59. The number of carbonyl (C=O) groups is 1. The van der Waals surface area contributed by atoms with Gasteiger partial charge in [0.05, 0.1) is 12.2 Å². The van der Waals surface area contributed by atoms with Gasteiger partial charge in [-0.1, -0.05) is 10.4 Å². The third kappa shape index (κ3) is 2.61. The maximum Gasteiger partial charge on any atom is 0.280 e. The van der Waals surface area contributed by atoms with E-state index in [-0.39, 0.29) is 11.9 Å². The predicted octanol–water partition coefficient (Wildman–Crippen LogP) is 1.62. The van der Waals surface area contributed by atoms with E-state index in [2.05, 4.69) is 25.4 Å². The Hall–Kier alpha value is -2.97. The summed E-state index contributed by atoms with van der Waals surface area (Å²) in [6.45, 7) is 1.31. The topological polar surface area (TPSA) is 106 Å². The number of hydrogen-bond acceptors (Lipinski definition) is 6. The van der Waals surface area contributed by atoms with Crippen molar-refractivity contribution in [3.63, 3.8) is 0 Å². The first kappa shape index (κ1) is 14.4. The van der Waals surface area contributed by atoms with Crippen molar-refractivity contribution in [3.05, 3.63) is 36.0 Å². The minimum Gasteiger partial charge on any atom is -0.357 e. The Morgan fingerprint density at radius 3 is 3.04 bits per heavy atom. The number of nitrogens with zero attached hydrogens (tertiary/aromatic N) is 6. The Kier molecular flexibility index (Phi) is 3.19. The zero-order chi connectivity index (χ0) is 16.8. The summed E-state index contributed by atoms with van der Waals surface area (Å²) in [7, 11) is 0. The van der Waals surface area contributed by atoms with Gasteiger partial charge in [-0.05, 0) is 31.4 Å². The molecule has 1 N–H and O–H groups in total. The number of H-pyrrole nitrogens is 1. The van der Waals surface area contributed by atoms with Crippen LogP contribution >= 0.6 is 0 Å². The third-order valence-electron chi connectivity index (χ3n) is 4.77. The lowest BCUT2D eigenvalue weighted by atomic mass is 10.3. The fourth-order valence-electron chi connectivity index (χ4n) is 3.18. The number of carbonyl (C=O) groups excluding carboxylic acids is 1. The fraction of sp³-hybridized carbons (Fsp3) is 0.438. The molecule has 3 aromatic rings. The average Bonchev–Trinajstić information content (AvgIpc) is 3.16. The number of hydrogen-bond donors (Lipinski definition) is 1. The van der Waals surface area contributed by atoms with E-state index in [4.69, 9.17) is 4.52 Å². The summed E-state index contributed by atoms with van der Waals surface area (Å²) < 4.78 is 7.08. The second kappa shape index (κ2) is 5.54. The summed E-state index contributed by atoms with van der Waals surface area (Å²) in [6.07, 6.45) is 6.66. The summed E-state index contributed by atoms with van der Waals surface area (Å²) in [5, 5.41) is 12.4. The summed E-state index contributed by atoms with van der Waals surface area (Å²) >= 11 is 0. The van der Waals surface area contributed by atoms with Crippen molar-refractivity contribution in [2.75, 3.05) is 13.1 Å². The maximum absolute atomic E-state index is 12.4. The van der Waals surface area contributed by atoms with Crippen LogP contribution in [0.3, 0.4) is 0 Å². The fourth-order valence-corrected chi connectivity index (χ4v) is 3.18. The van der Waals surface area contributed by atoms with Crippen molar-refractivity contribution < 1.29 is 9.32 Å². The molecule has 0 bridgehead atoms. The Morgan fingerprint density at radius 1 is 1.32 bits per heavy atom. The molecule has 4 heterocycles. The van der Waals surface area contributed by atoms with Gasteiger partial charge in [-0.3, -0.25) is 4.79 Å². The molecule has 0 spiro atoms. The molecule has 1 saturated carbocycles. The van der Waals surface area contributed by atoms with Crippen molar-refractivity contribution in [2.24, 2.45) is 0 Å². The minimum atomic E-state index is 0.0128. The second-order valence-electron chi connectivity index (χ2n) is 6.59. The van der Waals surface area contributed by atoms with Gasteiger partial charge in [0, 0.05) is 25.2 Å². The van der Waals surface area contributed by atoms with E-state index in [1.165, 1.54) is 0 Å². The molecule has 1 saturated heterocycles. The molecule has 5 rings (SSSR count). The Balaban J connectivity index is 1.29. The van der Waals surface area contributed by atoms with Gasteiger partial charge in [-0.15, -0.1) is 5.10 Å². The van der Waals surface area contributed by atoms with Crippen molar-refractivity contribution >= 4 is 5.91 Å². The van der Waals surface area contributed by atoms with E-state index in [1.54, 1.807) is 16.9 Å². The molecule has 1 amide bonds. The predicted molar refractivity (Wildman–Crippen MR) is 85.6 cm³/mol. The third-order valence-corrected chi connectivity index (χ3v) is 4.77. The first-order valence-electron chi connectivity index (χ1n) is 8.46. The molecule has 2 fully saturated rings. The van der Waals surface area contributed by atoms with Gasteiger partial charge in [-0.25, -0.2) is 4.68 Å². The molecule has 0 aromatic carbocycles. The number of rotatable bonds is 4. The molecule has 9 heteroatoms. The molecular weight excluding hydrogens is 322 g/mol. The van der Waals surface area contributed by atoms with E-state index in [9.17, 15) is 4.79 Å². The van der Waals surface area contributed by atoms with Crippen LogP contribution in [0.25, 0.3) is 11.6 Å². The van der Waals surface area contributed by atoms with Crippen LogP contribution in [0.1, 0.15) is 47.5 Å². The largest absolute Gasteiger partial charge is 0.357 e. The highest BCUT2D eigenvalue weighted by atomic mass is 16.5. The zero-order valence-electron chi connectivity index (χ0n) is 13.5. The lowest BCUT2D eigenvalue weighted by Gasteiger charge is -2.15. The van der Waals surface area contributed by atoms with Crippen LogP contribution in [0.5, 0.6) is 0 Å². The molecule has 3 aromatic heterocycles. The van der Waals surface area contributed by atoms with Crippen LogP contribution in [0, 0.1) is 0 Å². The van der Waals surface area contributed by atoms with Gasteiger partial charge in [-0.2, -0.15) is 4.98 Å². The van der Waals surface area contributed by atoms with Crippen molar-refractivity contribution in [1.82, 2.24) is 35.0 Å². The molecule has 1 aliphatic heterocycles. The van der Waals surface area contributed by atoms with Crippen molar-refractivity contribution in [2.45, 2.75) is 31.2 Å². The molecule has 0 unspecified atom stereocenters. The molecule has 0 radical (unpaired) electrons. The van der Waals surface area contributed by atoms with Gasteiger partial charge in [0.25, 0.3) is 11.8 Å². The number of amides is 1.